The second-order valence-electron chi connectivity index (χ2n) is 3.92. The lowest BCUT2D eigenvalue weighted by Crippen LogP contribution is -1.79. The summed E-state index contributed by atoms with van der Waals surface area (Å²) in [6, 6.07) is 21.4. The van der Waals surface area contributed by atoms with Gasteiger partial charge in [0.05, 0.1) is 0 Å². The SMILES string of the molecule is [c]1ccccc1CSc1nnc(-c2ccccc2)s1. The lowest BCUT2D eigenvalue weighted by molar-refractivity contribution is 1.01. The fraction of sp³-hybridized carbons (Fsp3) is 0.0667. The maximum Gasteiger partial charge on any atom is 0.174 e. The van der Waals surface area contributed by atoms with Crippen LogP contribution in [0.3, 0.4) is 0 Å². The smallest absolute Gasteiger partial charge is 0.137 e. The number of rotatable bonds is 4. The second kappa shape index (κ2) is 5.99. The Balaban J connectivity index is 1.69. The van der Waals surface area contributed by atoms with Gasteiger partial charge >= 0.3 is 0 Å². The third-order valence-corrected chi connectivity index (χ3v) is 4.71. The van der Waals surface area contributed by atoms with Crippen LogP contribution in [0.4, 0.5) is 0 Å². The third kappa shape index (κ3) is 3.22. The highest BCUT2D eigenvalue weighted by atomic mass is 32.2. The fourth-order valence-corrected chi connectivity index (χ4v) is 3.41. The van der Waals surface area contributed by atoms with Crippen molar-refractivity contribution in [3.8, 4) is 10.6 Å². The first-order chi connectivity index (χ1) is 9.42. The first-order valence-corrected chi connectivity index (χ1v) is 7.69. The maximum atomic E-state index is 4.24. The highest BCUT2D eigenvalue weighted by Gasteiger charge is 2.06. The molecule has 0 N–H and O–H groups in total. The molecule has 1 radical (unpaired) electrons. The van der Waals surface area contributed by atoms with Gasteiger partial charge in [-0.15, -0.1) is 10.2 Å². The number of hydrogen-bond donors (Lipinski definition) is 0. The minimum atomic E-state index is 0.879. The zero-order valence-corrected chi connectivity index (χ0v) is 11.7. The van der Waals surface area contributed by atoms with Gasteiger partial charge in [0.15, 0.2) is 4.34 Å². The Morgan fingerprint density at radius 3 is 2.63 bits per heavy atom. The average molecular weight is 283 g/mol. The van der Waals surface area contributed by atoms with Crippen LogP contribution in [-0.2, 0) is 5.75 Å². The average Bonchev–Trinajstić information content (AvgIpc) is 2.96. The first kappa shape index (κ1) is 12.4. The van der Waals surface area contributed by atoms with Crippen molar-refractivity contribution in [1.82, 2.24) is 10.2 Å². The molecule has 0 saturated heterocycles. The van der Waals surface area contributed by atoms with Crippen LogP contribution < -0.4 is 0 Å². The van der Waals surface area contributed by atoms with Gasteiger partial charge in [-0.25, -0.2) is 0 Å². The molecule has 0 aliphatic carbocycles. The van der Waals surface area contributed by atoms with E-state index in [1.165, 1.54) is 5.56 Å². The van der Waals surface area contributed by atoms with Crippen molar-refractivity contribution in [3.63, 3.8) is 0 Å². The number of nitrogens with zero attached hydrogens (tertiary/aromatic N) is 2. The van der Waals surface area contributed by atoms with Gasteiger partial charge in [-0.05, 0) is 11.6 Å². The predicted octanol–water partition coefficient (Wildman–Crippen LogP) is 4.30. The zero-order chi connectivity index (χ0) is 12.9. The summed E-state index contributed by atoms with van der Waals surface area (Å²) in [5.74, 6) is 0.879. The van der Waals surface area contributed by atoms with E-state index in [1.807, 2.05) is 36.4 Å². The summed E-state index contributed by atoms with van der Waals surface area (Å²) in [6.07, 6.45) is 0. The Labute approximate surface area is 120 Å². The molecule has 0 aliphatic heterocycles. The van der Waals surface area contributed by atoms with Crippen molar-refractivity contribution >= 4 is 23.1 Å². The quantitative estimate of drug-likeness (QED) is 0.668. The van der Waals surface area contributed by atoms with E-state index in [0.717, 1.165) is 20.7 Å². The van der Waals surface area contributed by atoms with E-state index in [-0.39, 0.29) is 0 Å². The lowest BCUT2D eigenvalue weighted by atomic mass is 10.2. The van der Waals surface area contributed by atoms with Gasteiger partial charge in [0, 0.05) is 11.3 Å². The van der Waals surface area contributed by atoms with Crippen molar-refractivity contribution in [2.75, 3.05) is 0 Å². The Hall–Kier alpha value is -1.65. The molecule has 0 bridgehead atoms. The van der Waals surface area contributed by atoms with Gasteiger partial charge in [0.1, 0.15) is 5.01 Å². The summed E-state index contributed by atoms with van der Waals surface area (Å²) in [7, 11) is 0. The van der Waals surface area contributed by atoms with Gasteiger partial charge in [-0.3, -0.25) is 0 Å². The Kier molecular flexibility index (Phi) is 3.91. The normalized spacial score (nSPS) is 10.5. The summed E-state index contributed by atoms with van der Waals surface area (Å²) in [5.41, 5.74) is 2.31. The monoisotopic (exact) mass is 283 g/mol. The van der Waals surface area contributed by atoms with Gasteiger partial charge in [0.25, 0.3) is 0 Å². The lowest BCUT2D eigenvalue weighted by Gasteiger charge is -1.96. The van der Waals surface area contributed by atoms with Gasteiger partial charge < -0.3 is 0 Å². The minimum Gasteiger partial charge on any atom is -0.137 e. The molecule has 19 heavy (non-hydrogen) atoms. The van der Waals surface area contributed by atoms with Crippen LogP contribution >= 0.6 is 23.1 Å². The van der Waals surface area contributed by atoms with E-state index >= 15 is 0 Å². The summed E-state index contributed by atoms with van der Waals surface area (Å²) < 4.78 is 0.996. The Morgan fingerprint density at radius 2 is 1.84 bits per heavy atom. The van der Waals surface area contributed by atoms with Crippen LogP contribution in [0.5, 0.6) is 0 Å². The molecule has 3 rings (SSSR count). The van der Waals surface area contributed by atoms with E-state index in [9.17, 15) is 0 Å². The van der Waals surface area contributed by atoms with E-state index in [0.29, 0.717) is 0 Å². The van der Waals surface area contributed by atoms with Crippen LogP contribution in [0, 0.1) is 6.07 Å². The van der Waals surface area contributed by atoms with E-state index in [2.05, 4.69) is 34.5 Å². The summed E-state index contributed by atoms with van der Waals surface area (Å²) >= 11 is 3.33. The number of benzene rings is 2. The Morgan fingerprint density at radius 1 is 1.00 bits per heavy atom. The van der Waals surface area contributed by atoms with Gasteiger partial charge in [-0.2, -0.15) is 0 Å². The largest absolute Gasteiger partial charge is 0.174 e. The van der Waals surface area contributed by atoms with E-state index < -0.39 is 0 Å². The van der Waals surface area contributed by atoms with E-state index in [4.69, 9.17) is 0 Å². The van der Waals surface area contributed by atoms with Crippen molar-refractivity contribution in [2.45, 2.75) is 10.1 Å². The summed E-state index contributed by atoms with van der Waals surface area (Å²) in [4.78, 5) is 0. The van der Waals surface area contributed by atoms with Crippen LogP contribution in [0.2, 0.25) is 0 Å². The van der Waals surface area contributed by atoms with Crippen molar-refractivity contribution in [2.24, 2.45) is 0 Å². The molecule has 2 nitrogen and oxygen atoms in total. The molecular formula is C15H11N2S2. The topological polar surface area (TPSA) is 25.8 Å². The molecule has 93 valence electrons. The zero-order valence-electron chi connectivity index (χ0n) is 10.1. The summed E-state index contributed by atoms with van der Waals surface area (Å²) in [6.45, 7) is 0. The van der Waals surface area contributed by atoms with Crippen LogP contribution in [0.1, 0.15) is 5.56 Å². The number of hydrogen-bond acceptors (Lipinski definition) is 4. The molecule has 0 fully saturated rings. The van der Waals surface area contributed by atoms with Gasteiger partial charge in [0.2, 0.25) is 0 Å². The molecule has 0 spiro atoms. The standard InChI is InChI=1S/C15H11N2S2/c1-3-7-12(8-4-1)11-18-15-17-16-14(19-15)13-9-5-2-6-10-13/h1-7,9-10H,11H2. The molecule has 0 aliphatic rings. The molecule has 4 heteroatoms. The van der Waals surface area contributed by atoms with Crippen LogP contribution in [0.25, 0.3) is 10.6 Å². The van der Waals surface area contributed by atoms with Gasteiger partial charge in [-0.1, -0.05) is 77.7 Å². The third-order valence-electron chi connectivity index (χ3n) is 2.55. The predicted molar refractivity (Wildman–Crippen MR) is 80.2 cm³/mol. The molecule has 3 aromatic rings. The number of aromatic nitrogens is 2. The van der Waals surface area contributed by atoms with Crippen molar-refractivity contribution < 1.29 is 0 Å². The van der Waals surface area contributed by atoms with Crippen molar-refractivity contribution in [3.05, 3.63) is 66.2 Å². The minimum absolute atomic E-state index is 0.879. The molecule has 2 aromatic carbocycles. The molecule has 0 unspecified atom stereocenters. The van der Waals surface area contributed by atoms with Crippen molar-refractivity contribution in [1.29, 1.82) is 0 Å². The Bertz CT molecular complexity index is 636. The number of thioether (sulfide) groups is 1. The molecule has 0 atom stereocenters. The second-order valence-corrected chi connectivity index (χ2v) is 6.12. The summed E-state index contributed by atoms with van der Waals surface area (Å²) in [5, 5.41) is 9.43. The first-order valence-electron chi connectivity index (χ1n) is 5.89. The fourth-order valence-electron chi connectivity index (χ4n) is 1.63. The molecule has 0 saturated carbocycles. The van der Waals surface area contributed by atoms with Crippen LogP contribution in [-0.4, -0.2) is 10.2 Å². The molecular weight excluding hydrogens is 272 g/mol. The molecule has 0 amide bonds. The highest BCUT2D eigenvalue weighted by Crippen LogP contribution is 2.30. The highest BCUT2D eigenvalue weighted by molar-refractivity contribution is 8.00. The van der Waals surface area contributed by atoms with E-state index in [1.54, 1.807) is 23.1 Å². The molecule has 1 aromatic heterocycles. The molecule has 1 heterocycles. The van der Waals surface area contributed by atoms with Crippen LogP contribution in [0.15, 0.2) is 58.9 Å². The maximum absolute atomic E-state index is 4.24.